The number of rotatable bonds is 11. The van der Waals surface area contributed by atoms with E-state index in [9.17, 15) is 10.2 Å². The number of aliphatic hydroxyl groups excluding tert-OH is 2. The van der Waals surface area contributed by atoms with E-state index in [4.69, 9.17) is 25.8 Å². The zero-order valence-electron chi connectivity index (χ0n) is 21.2. The first kappa shape index (κ1) is 27.3. The van der Waals surface area contributed by atoms with Crippen molar-refractivity contribution < 1.29 is 24.4 Å². The van der Waals surface area contributed by atoms with Gasteiger partial charge < -0.3 is 29.3 Å². The van der Waals surface area contributed by atoms with Crippen LogP contribution in [-0.4, -0.2) is 98.4 Å². The van der Waals surface area contributed by atoms with Gasteiger partial charge >= 0.3 is 0 Å². The van der Waals surface area contributed by atoms with Crippen LogP contribution in [0, 0.1) is 0 Å². The summed E-state index contributed by atoms with van der Waals surface area (Å²) in [4.78, 5) is 4.80. The molecule has 36 heavy (non-hydrogen) atoms. The Labute approximate surface area is 219 Å². The van der Waals surface area contributed by atoms with Gasteiger partial charge in [-0.3, -0.25) is 4.90 Å². The SMILES string of the molecule is CN1CCN(CCOCCOc2ccc(Cc3cc(C4CC(O)CC(CO)O4)ccc3Cl)cc2)CC1. The molecule has 0 amide bonds. The average molecular weight is 519 g/mol. The highest BCUT2D eigenvalue weighted by Crippen LogP contribution is 2.33. The largest absolute Gasteiger partial charge is 0.491 e. The average Bonchev–Trinajstić information content (AvgIpc) is 2.89. The first-order valence-corrected chi connectivity index (χ1v) is 13.3. The third kappa shape index (κ3) is 8.15. The van der Waals surface area contributed by atoms with E-state index in [1.807, 2.05) is 30.3 Å². The standard InChI is InChI=1S/C28H39ClN2O5/c1-30-8-10-31(11-9-30)12-13-34-14-15-35-25-5-2-21(3-6-25)16-23-17-22(4-7-27(23)29)28-19-24(33)18-26(20-32)36-28/h2-7,17,24,26,28,32-33H,8-16,18-20H2,1H3. The van der Waals surface area contributed by atoms with E-state index in [0.717, 1.165) is 61.8 Å². The molecule has 0 radical (unpaired) electrons. The van der Waals surface area contributed by atoms with Crippen molar-refractivity contribution in [3.05, 3.63) is 64.2 Å². The van der Waals surface area contributed by atoms with E-state index < -0.39 is 6.10 Å². The molecular formula is C28H39ClN2O5. The maximum absolute atomic E-state index is 10.2. The minimum atomic E-state index is -0.477. The lowest BCUT2D eigenvalue weighted by Gasteiger charge is -2.32. The van der Waals surface area contributed by atoms with Crippen LogP contribution in [0.2, 0.25) is 5.02 Å². The molecule has 2 heterocycles. The molecule has 4 rings (SSSR count). The van der Waals surface area contributed by atoms with Crippen molar-refractivity contribution in [2.75, 3.05) is 66.2 Å². The van der Waals surface area contributed by atoms with Crippen LogP contribution in [0.3, 0.4) is 0 Å². The second-order valence-corrected chi connectivity index (χ2v) is 10.2. The maximum Gasteiger partial charge on any atom is 0.119 e. The van der Waals surface area contributed by atoms with Gasteiger partial charge in [0, 0.05) is 50.6 Å². The fourth-order valence-electron chi connectivity index (χ4n) is 4.76. The molecule has 0 aromatic heterocycles. The molecule has 2 fully saturated rings. The van der Waals surface area contributed by atoms with Gasteiger partial charge in [-0.2, -0.15) is 0 Å². The molecule has 2 aliphatic heterocycles. The molecule has 198 valence electrons. The Kier molecular flexibility index (Phi) is 10.4. The molecule has 0 aliphatic carbocycles. The zero-order chi connectivity index (χ0) is 25.3. The van der Waals surface area contributed by atoms with Crippen molar-refractivity contribution in [3.63, 3.8) is 0 Å². The molecule has 7 nitrogen and oxygen atoms in total. The highest BCUT2D eigenvalue weighted by atomic mass is 35.5. The summed E-state index contributed by atoms with van der Waals surface area (Å²) in [6.45, 7) is 7.19. The van der Waals surface area contributed by atoms with E-state index in [-0.39, 0.29) is 18.8 Å². The number of halogens is 1. The van der Waals surface area contributed by atoms with Gasteiger partial charge in [-0.15, -0.1) is 0 Å². The van der Waals surface area contributed by atoms with Gasteiger partial charge in [-0.05, 0) is 48.4 Å². The first-order valence-electron chi connectivity index (χ1n) is 12.9. The summed E-state index contributed by atoms with van der Waals surface area (Å²) in [7, 11) is 2.17. The highest BCUT2D eigenvalue weighted by molar-refractivity contribution is 6.31. The summed E-state index contributed by atoms with van der Waals surface area (Å²) in [5, 5.41) is 20.3. The summed E-state index contributed by atoms with van der Waals surface area (Å²) in [6, 6.07) is 13.9. The molecule has 3 unspecified atom stereocenters. The number of ether oxygens (including phenoxy) is 3. The second-order valence-electron chi connectivity index (χ2n) is 9.83. The number of benzene rings is 2. The van der Waals surface area contributed by atoms with Crippen molar-refractivity contribution >= 4 is 11.6 Å². The maximum atomic E-state index is 10.2. The minimum absolute atomic E-state index is 0.0921. The normalized spacial score (nSPS) is 23.6. The molecule has 2 aromatic rings. The van der Waals surface area contributed by atoms with Crippen LogP contribution in [0.4, 0.5) is 0 Å². The molecule has 0 spiro atoms. The number of piperazine rings is 1. The fourth-order valence-corrected chi connectivity index (χ4v) is 4.95. The van der Waals surface area contributed by atoms with E-state index in [2.05, 4.69) is 29.0 Å². The smallest absolute Gasteiger partial charge is 0.119 e. The minimum Gasteiger partial charge on any atom is -0.491 e. The van der Waals surface area contributed by atoms with Gasteiger partial charge in [0.1, 0.15) is 12.4 Å². The molecule has 2 aromatic carbocycles. The number of likely N-dealkylation sites (N-methyl/N-ethyl adjacent to an activating group) is 1. The van der Waals surface area contributed by atoms with E-state index in [1.165, 1.54) is 0 Å². The van der Waals surface area contributed by atoms with Gasteiger partial charge in [0.15, 0.2) is 0 Å². The van der Waals surface area contributed by atoms with Gasteiger partial charge in [-0.1, -0.05) is 35.9 Å². The van der Waals surface area contributed by atoms with Crippen LogP contribution < -0.4 is 4.74 Å². The van der Waals surface area contributed by atoms with Gasteiger partial charge in [0.2, 0.25) is 0 Å². The number of nitrogens with zero attached hydrogens (tertiary/aromatic N) is 2. The molecule has 2 saturated heterocycles. The Bertz CT molecular complexity index is 936. The van der Waals surface area contributed by atoms with E-state index in [1.54, 1.807) is 0 Å². The Morgan fingerprint density at radius 3 is 2.53 bits per heavy atom. The van der Waals surface area contributed by atoms with Crippen molar-refractivity contribution in [3.8, 4) is 5.75 Å². The monoisotopic (exact) mass is 518 g/mol. The summed E-state index contributed by atoms with van der Waals surface area (Å²) >= 11 is 6.49. The third-order valence-electron chi connectivity index (χ3n) is 6.99. The van der Waals surface area contributed by atoms with Crippen molar-refractivity contribution in [2.45, 2.75) is 37.6 Å². The summed E-state index contributed by atoms with van der Waals surface area (Å²) < 4.78 is 17.6. The summed E-state index contributed by atoms with van der Waals surface area (Å²) in [6.07, 6.45) is 0.596. The van der Waals surface area contributed by atoms with Crippen LogP contribution in [0.25, 0.3) is 0 Å². The van der Waals surface area contributed by atoms with Gasteiger partial charge in [0.05, 0.1) is 38.1 Å². The van der Waals surface area contributed by atoms with E-state index >= 15 is 0 Å². The van der Waals surface area contributed by atoms with Gasteiger partial charge in [0.25, 0.3) is 0 Å². The van der Waals surface area contributed by atoms with Crippen LogP contribution in [0.1, 0.15) is 35.6 Å². The predicted molar refractivity (Wildman–Crippen MR) is 141 cm³/mol. The Morgan fingerprint density at radius 1 is 1.00 bits per heavy atom. The molecular weight excluding hydrogens is 480 g/mol. The Balaban J connectivity index is 1.21. The summed E-state index contributed by atoms with van der Waals surface area (Å²) in [5.41, 5.74) is 3.10. The number of hydrogen-bond acceptors (Lipinski definition) is 7. The third-order valence-corrected chi connectivity index (χ3v) is 7.35. The second kappa shape index (κ2) is 13.7. The Hall–Kier alpha value is -1.71. The Morgan fingerprint density at radius 2 is 1.78 bits per heavy atom. The van der Waals surface area contributed by atoms with Gasteiger partial charge in [-0.25, -0.2) is 0 Å². The van der Waals surface area contributed by atoms with Crippen molar-refractivity contribution in [1.29, 1.82) is 0 Å². The van der Waals surface area contributed by atoms with Crippen molar-refractivity contribution in [1.82, 2.24) is 9.80 Å². The predicted octanol–water partition coefficient (Wildman–Crippen LogP) is 3.15. The number of hydrogen-bond donors (Lipinski definition) is 2. The van der Waals surface area contributed by atoms with Crippen LogP contribution in [0.15, 0.2) is 42.5 Å². The molecule has 2 N–H and O–H groups in total. The molecule has 0 bridgehead atoms. The van der Waals surface area contributed by atoms with Crippen LogP contribution >= 0.6 is 11.6 Å². The zero-order valence-corrected chi connectivity index (χ0v) is 21.9. The van der Waals surface area contributed by atoms with Crippen LogP contribution in [0.5, 0.6) is 5.75 Å². The molecule has 3 atom stereocenters. The molecule has 0 saturated carbocycles. The lowest BCUT2D eigenvalue weighted by Crippen LogP contribution is -2.45. The molecule has 2 aliphatic rings. The molecule has 8 heteroatoms. The van der Waals surface area contributed by atoms with E-state index in [0.29, 0.717) is 37.5 Å². The highest BCUT2D eigenvalue weighted by Gasteiger charge is 2.29. The first-order chi connectivity index (χ1) is 17.5. The quantitative estimate of drug-likeness (QED) is 0.443. The fraction of sp³-hybridized carbons (Fsp3) is 0.571. The van der Waals surface area contributed by atoms with Crippen LogP contribution in [-0.2, 0) is 15.9 Å². The van der Waals surface area contributed by atoms with Crippen molar-refractivity contribution in [2.24, 2.45) is 0 Å². The lowest BCUT2D eigenvalue weighted by atomic mass is 9.94. The lowest BCUT2D eigenvalue weighted by molar-refractivity contribution is -0.113. The number of aliphatic hydroxyl groups is 2. The summed E-state index contributed by atoms with van der Waals surface area (Å²) in [5.74, 6) is 0.820. The topological polar surface area (TPSA) is 74.6 Å².